The summed E-state index contributed by atoms with van der Waals surface area (Å²) < 4.78 is 24.3. The van der Waals surface area contributed by atoms with Gasteiger partial charge in [-0.2, -0.15) is 0 Å². The van der Waals surface area contributed by atoms with Crippen molar-refractivity contribution in [3.8, 4) is 0 Å². The number of halogens is 1. The summed E-state index contributed by atoms with van der Waals surface area (Å²) in [5.74, 6) is 1.44. The minimum atomic E-state index is -0.360. The zero-order valence-corrected chi connectivity index (χ0v) is 17.7. The van der Waals surface area contributed by atoms with E-state index in [4.69, 9.17) is 9.47 Å². The first-order valence-electron chi connectivity index (χ1n) is 10.2. The van der Waals surface area contributed by atoms with Gasteiger partial charge < -0.3 is 9.47 Å². The molecule has 0 N–H and O–H groups in total. The lowest BCUT2D eigenvalue weighted by molar-refractivity contribution is 0.0427. The zero-order valence-electron chi connectivity index (χ0n) is 16.8. The maximum atomic E-state index is 12.4. The molecule has 150 valence electrons. The highest BCUT2D eigenvalue weighted by Crippen LogP contribution is 2.49. The molecule has 0 aliphatic carbocycles. The Bertz CT molecular complexity index is 638. The lowest BCUT2D eigenvalue weighted by Gasteiger charge is -2.46. The van der Waals surface area contributed by atoms with Crippen LogP contribution < -0.4 is 0 Å². The molecule has 0 amide bonds. The summed E-state index contributed by atoms with van der Waals surface area (Å²) in [5, 5.41) is 0.852. The molecule has 5 heteroatoms. The number of nitrogens with zero attached hydrogens (tertiary/aromatic N) is 1. The van der Waals surface area contributed by atoms with E-state index in [1.54, 1.807) is 0 Å². The number of epoxide rings is 1. The number of alkyl halides is 1. The highest BCUT2D eigenvalue weighted by Gasteiger charge is 2.56. The molecule has 0 aromatic carbocycles. The fourth-order valence-electron chi connectivity index (χ4n) is 4.57. The van der Waals surface area contributed by atoms with Crippen molar-refractivity contribution in [3.05, 3.63) is 34.9 Å². The number of hydrogen-bond acceptors (Lipinski definition) is 3. The number of hydrogen-bond donors (Lipinski definition) is 0. The first-order valence-corrected chi connectivity index (χ1v) is 11.3. The maximum Gasteiger partial charge on any atom is 0.130 e. The van der Waals surface area contributed by atoms with Crippen molar-refractivity contribution in [1.82, 2.24) is 4.90 Å². The third-order valence-electron chi connectivity index (χ3n) is 6.32. The summed E-state index contributed by atoms with van der Waals surface area (Å²) in [6, 6.07) is 0.457. The Hall–Kier alpha value is -0.960. The Kier molecular flexibility index (Phi) is 6.94. The molecule has 27 heavy (non-hydrogen) atoms. The van der Waals surface area contributed by atoms with Crippen LogP contribution in [0.3, 0.4) is 0 Å². The molecular weight excluding hydrogens is 360 g/mol. The second-order valence-electron chi connectivity index (χ2n) is 8.02. The quantitative estimate of drug-likeness (QED) is 0.179. The topological polar surface area (TPSA) is 25.0 Å². The lowest BCUT2D eigenvalue weighted by Crippen LogP contribution is -2.53. The fourth-order valence-corrected chi connectivity index (χ4v) is 4.85. The van der Waals surface area contributed by atoms with E-state index in [0.717, 1.165) is 51.8 Å². The molecule has 3 atom stereocenters. The monoisotopic (exact) mass is 393 g/mol. The normalized spacial score (nSPS) is 31.3. The molecule has 0 saturated carbocycles. The van der Waals surface area contributed by atoms with E-state index in [-0.39, 0.29) is 12.3 Å². The van der Waals surface area contributed by atoms with Crippen LogP contribution in [-0.4, -0.2) is 55.8 Å². The van der Waals surface area contributed by atoms with Crippen molar-refractivity contribution in [1.29, 1.82) is 0 Å². The van der Waals surface area contributed by atoms with Crippen molar-refractivity contribution in [3.63, 3.8) is 0 Å². The Morgan fingerprint density at radius 3 is 2.93 bits per heavy atom. The zero-order chi connectivity index (χ0) is 19.4. The Balaban J connectivity index is 1.79. The predicted molar refractivity (Wildman–Crippen MR) is 112 cm³/mol. The predicted octanol–water partition coefficient (Wildman–Crippen LogP) is 5.12. The molecule has 3 aliphatic rings. The van der Waals surface area contributed by atoms with Gasteiger partial charge in [0.15, 0.2) is 0 Å². The molecule has 1 spiro atoms. The van der Waals surface area contributed by atoms with Crippen LogP contribution in [0, 0.1) is 5.92 Å². The minimum Gasteiger partial charge on any atom is -0.493 e. The van der Waals surface area contributed by atoms with E-state index < -0.39 is 0 Å². The molecule has 3 aliphatic heterocycles. The molecule has 3 heterocycles. The summed E-state index contributed by atoms with van der Waals surface area (Å²) >= 11 is 0. The number of piperidine rings is 1. The van der Waals surface area contributed by atoms with Crippen LogP contribution in [0.15, 0.2) is 34.9 Å². The lowest BCUT2D eigenvalue weighted by atomic mass is 9.75. The third kappa shape index (κ3) is 4.55. The summed E-state index contributed by atoms with van der Waals surface area (Å²) in [7, 11) is 0.842. The average molecular weight is 393 g/mol. The van der Waals surface area contributed by atoms with Gasteiger partial charge in [-0.05, 0) is 37.8 Å². The largest absolute Gasteiger partial charge is 0.493 e. The molecule has 0 aromatic rings. The van der Waals surface area contributed by atoms with Gasteiger partial charge in [-0.25, -0.2) is 0 Å². The van der Waals surface area contributed by atoms with Gasteiger partial charge in [0.05, 0.1) is 25.5 Å². The van der Waals surface area contributed by atoms with Crippen LogP contribution in [0.4, 0.5) is 4.39 Å². The third-order valence-corrected chi connectivity index (χ3v) is 6.92. The van der Waals surface area contributed by atoms with Gasteiger partial charge in [0.1, 0.15) is 5.76 Å². The van der Waals surface area contributed by atoms with Gasteiger partial charge in [-0.3, -0.25) is 9.29 Å². The van der Waals surface area contributed by atoms with Gasteiger partial charge in [0.2, 0.25) is 0 Å². The first kappa shape index (κ1) is 20.8. The molecule has 1 unspecified atom stereocenters. The van der Waals surface area contributed by atoms with E-state index >= 15 is 0 Å². The number of ether oxygens (including phenoxy) is 2. The van der Waals surface area contributed by atoms with Crippen molar-refractivity contribution < 1.29 is 13.9 Å². The van der Waals surface area contributed by atoms with Gasteiger partial charge in [-0.15, -0.1) is 0 Å². The van der Waals surface area contributed by atoms with E-state index in [1.807, 2.05) is 0 Å². The van der Waals surface area contributed by atoms with Gasteiger partial charge in [-0.1, -0.05) is 40.0 Å². The molecule has 0 radical (unpaired) electrons. The molecular formula is C22H33FNO2P. The standard InChI is InChI=1S/C22H33FNO2P/c1-5-7-19-14-24-10-8-18(16(2)20(24)13-22(19)15-26-22)12-21(17(3)27-4)25-11-6-9-23/h12,19-20H,3-11,13-15H2,1-2H3/b21-12+/t19-,20-,22?/m1/s1. The number of fused-ring (bicyclic) bond motifs is 1. The second-order valence-corrected chi connectivity index (χ2v) is 8.87. The van der Waals surface area contributed by atoms with Crippen LogP contribution in [0.25, 0.3) is 0 Å². The van der Waals surface area contributed by atoms with Crippen LogP contribution in [0.1, 0.15) is 46.0 Å². The van der Waals surface area contributed by atoms with Gasteiger partial charge >= 0.3 is 0 Å². The van der Waals surface area contributed by atoms with E-state index in [9.17, 15) is 4.39 Å². The summed E-state index contributed by atoms with van der Waals surface area (Å²) in [6.45, 7) is 11.8. The minimum absolute atomic E-state index is 0.126. The number of allylic oxidation sites excluding steroid dienone is 2. The van der Waals surface area contributed by atoms with Gasteiger partial charge in [0, 0.05) is 36.8 Å². The molecule has 0 bridgehead atoms. The molecule has 3 rings (SSSR count). The van der Waals surface area contributed by atoms with E-state index in [1.165, 1.54) is 24.0 Å². The Morgan fingerprint density at radius 2 is 2.30 bits per heavy atom. The highest BCUT2D eigenvalue weighted by molar-refractivity contribution is 7.41. The molecule has 0 aromatic heterocycles. The smallest absolute Gasteiger partial charge is 0.130 e. The Labute approximate surface area is 165 Å². The van der Waals surface area contributed by atoms with Crippen molar-refractivity contribution in [2.24, 2.45) is 5.92 Å². The van der Waals surface area contributed by atoms with Crippen molar-refractivity contribution in [2.75, 3.05) is 33.0 Å². The average Bonchev–Trinajstić information content (AvgIpc) is 3.44. The van der Waals surface area contributed by atoms with Gasteiger partial charge in [0.25, 0.3) is 0 Å². The van der Waals surface area contributed by atoms with Crippen LogP contribution in [-0.2, 0) is 9.47 Å². The molecule has 2 fully saturated rings. The van der Waals surface area contributed by atoms with E-state index in [2.05, 4.69) is 37.7 Å². The van der Waals surface area contributed by atoms with Crippen molar-refractivity contribution in [2.45, 2.75) is 57.6 Å². The first-order chi connectivity index (χ1) is 13.0. The summed E-state index contributed by atoms with van der Waals surface area (Å²) in [4.78, 5) is 2.65. The maximum absolute atomic E-state index is 12.4. The van der Waals surface area contributed by atoms with E-state index in [0.29, 0.717) is 25.0 Å². The second kappa shape index (κ2) is 9.03. The van der Waals surface area contributed by atoms with Crippen LogP contribution >= 0.6 is 8.20 Å². The summed E-state index contributed by atoms with van der Waals surface area (Å²) in [6.07, 6.45) is 11.0. The SMILES string of the molecule is C=PC(=C)/C(=C\C1=C(C)[C@H]2CC3(CO3)[C@H](CCC)CN2CC1)OCCCF. The Morgan fingerprint density at radius 1 is 1.52 bits per heavy atom. The van der Waals surface area contributed by atoms with Crippen LogP contribution in [0.5, 0.6) is 0 Å². The fraction of sp³-hybridized carbons (Fsp3) is 0.682. The van der Waals surface area contributed by atoms with Crippen LogP contribution in [0.2, 0.25) is 0 Å². The molecule has 2 saturated heterocycles. The highest BCUT2D eigenvalue weighted by atomic mass is 31.1. The summed E-state index contributed by atoms with van der Waals surface area (Å²) in [5.41, 5.74) is 2.88. The number of rotatable bonds is 9. The molecule has 3 nitrogen and oxygen atoms in total. The van der Waals surface area contributed by atoms with Crippen molar-refractivity contribution >= 4 is 14.5 Å².